The number of nitrogens with one attached hydrogen (secondary N) is 1. The van der Waals surface area contributed by atoms with Crippen LogP contribution in [-0.2, 0) is 15.8 Å². The van der Waals surface area contributed by atoms with E-state index in [0.29, 0.717) is 28.6 Å². The summed E-state index contributed by atoms with van der Waals surface area (Å²) in [6.45, 7) is 1.17. The van der Waals surface area contributed by atoms with E-state index in [0.717, 1.165) is 6.54 Å². The fourth-order valence-corrected chi connectivity index (χ4v) is 2.64. The van der Waals surface area contributed by atoms with Gasteiger partial charge in [-0.15, -0.1) is 0 Å². The Morgan fingerprint density at radius 3 is 2.89 bits per heavy atom. The predicted molar refractivity (Wildman–Crippen MR) is 75.3 cm³/mol. The van der Waals surface area contributed by atoms with Crippen LogP contribution in [0.4, 0.5) is 0 Å². The number of hydrogen-bond donors (Lipinski definition) is 2. The molecule has 0 aromatic carbocycles. The lowest BCUT2D eigenvalue weighted by molar-refractivity contribution is 0.299. The van der Waals surface area contributed by atoms with Crippen molar-refractivity contribution in [1.29, 1.82) is 0 Å². The number of rotatable bonds is 7. The average Bonchev–Trinajstić information content (AvgIpc) is 3.08. The van der Waals surface area contributed by atoms with Crippen LogP contribution in [0.25, 0.3) is 0 Å². The van der Waals surface area contributed by atoms with Gasteiger partial charge in [0.15, 0.2) is 0 Å². The second-order valence-corrected chi connectivity index (χ2v) is 7.03. The van der Waals surface area contributed by atoms with Gasteiger partial charge in [0.25, 0.3) is 0 Å². The van der Waals surface area contributed by atoms with Gasteiger partial charge in [0.05, 0.1) is 5.75 Å². The summed E-state index contributed by atoms with van der Waals surface area (Å²) in [6, 6.07) is 2.27. The monoisotopic (exact) mass is 349 g/mol. The van der Waals surface area contributed by atoms with Crippen molar-refractivity contribution in [3.05, 3.63) is 22.3 Å². The van der Waals surface area contributed by atoms with Gasteiger partial charge in [-0.25, -0.2) is 18.5 Å². The van der Waals surface area contributed by atoms with Crippen LogP contribution in [0.3, 0.4) is 0 Å². The zero-order valence-electron chi connectivity index (χ0n) is 10.3. The highest BCUT2D eigenvalue weighted by molar-refractivity contribution is 9.10. The minimum Gasteiger partial charge on any atom is -0.476 e. The molecule has 8 heteroatoms. The summed E-state index contributed by atoms with van der Waals surface area (Å²) in [5, 5.41) is 8.35. The molecule has 0 unspecified atom stereocenters. The van der Waals surface area contributed by atoms with E-state index in [2.05, 4.69) is 26.2 Å². The van der Waals surface area contributed by atoms with Crippen molar-refractivity contribution >= 4 is 26.0 Å². The first-order chi connectivity index (χ1) is 8.94. The Kier molecular flexibility index (Phi) is 4.77. The van der Waals surface area contributed by atoms with Gasteiger partial charge in [0, 0.05) is 28.8 Å². The molecule has 1 saturated carbocycles. The molecule has 1 aromatic heterocycles. The molecule has 0 saturated heterocycles. The third kappa shape index (κ3) is 5.43. The van der Waals surface area contributed by atoms with Crippen LogP contribution in [0.2, 0.25) is 0 Å². The van der Waals surface area contributed by atoms with Crippen LogP contribution in [0.1, 0.15) is 18.4 Å². The van der Waals surface area contributed by atoms with Gasteiger partial charge >= 0.3 is 0 Å². The number of nitrogens with zero attached hydrogens (tertiary/aromatic N) is 1. The van der Waals surface area contributed by atoms with Crippen molar-refractivity contribution in [2.75, 3.05) is 13.2 Å². The number of halogens is 1. The van der Waals surface area contributed by atoms with Crippen molar-refractivity contribution in [2.24, 2.45) is 5.14 Å². The maximum absolute atomic E-state index is 11.2. The van der Waals surface area contributed by atoms with Gasteiger partial charge in [-0.3, -0.25) is 0 Å². The molecule has 0 radical (unpaired) electrons. The number of sulfonamides is 1. The molecule has 0 bridgehead atoms. The molecule has 0 spiro atoms. The molecule has 1 fully saturated rings. The van der Waals surface area contributed by atoms with Gasteiger partial charge in [-0.05, 0) is 34.8 Å². The number of hydrogen-bond acceptors (Lipinski definition) is 5. The average molecular weight is 350 g/mol. The molecule has 3 N–H and O–H groups in total. The van der Waals surface area contributed by atoms with E-state index in [1.54, 1.807) is 12.3 Å². The van der Waals surface area contributed by atoms with E-state index in [-0.39, 0.29) is 5.75 Å². The highest BCUT2D eigenvalue weighted by Gasteiger charge is 2.20. The Labute approximate surface area is 120 Å². The molecule has 1 aromatic rings. The zero-order chi connectivity index (χ0) is 13.9. The van der Waals surface area contributed by atoms with Gasteiger partial charge in [-0.2, -0.15) is 0 Å². The molecular formula is C11H16BrN3O3S. The lowest BCUT2D eigenvalue weighted by Crippen LogP contribution is -2.23. The first-order valence-corrected chi connectivity index (χ1v) is 8.46. The van der Waals surface area contributed by atoms with Crippen molar-refractivity contribution in [2.45, 2.75) is 24.6 Å². The predicted octanol–water partition coefficient (Wildman–Crippen LogP) is 0.763. The number of nitrogens with two attached hydrogens (primary N) is 1. The van der Waals surface area contributed by atoms with Crippen molar-refractivity contribution in [3.8, 4) is 5.88 Å². The molecule has 19 heavy (non-hydrogen) atoms. The summed E-state index contributed by atoms with van der Waals surface area (Å²) in [5.74, 6) is 0.0278. The fourth-order valence-electron chi connectivity index (χ4n) is 1.62. The van der Waals surface area contributed by atoms with E-state index in [9.17, 15) is 8.42 Å². The van der Waals surface area contributed by atoms with Crippen molar-refractivity contribution in [3.63, 3.8) is 0 Å². The Balaban J connectivity index is 1.96. The van der Waals surface area contributed by atoms with Crippen LogP contribution < -0.4 is 15.2 Å². The van der Waals surface area contributed by atoms with Crippen molar-refractivity contribution in [1.82, 2.24) is 10.3 Å². The third-order valence-electron chi connectivity index (χ3n) is 2.60. The van der Waals surface area contributed by atoms with E-state index < -0.39 is 10.0 Å². The largest absolute Gasteiger partial charge is 0.476 e. The van der Waals surface area contributed by atoms with E-state index in [1.165, 1.54) is 12.8 Å². The standard InChI is InChI=1S/C11H16BrN3O3S/c12-9-5-8(7-19(13,16)17)11(15-6-9)18-4-3-14-10-1-2-10/h5-6,10,14H,1-4,7H2,(H2,13,16,17). The molecule has 1 aliphatic carbocycles. The molecule has 1 aliphatic rings. The highest BCUT2D eigenvalue weighted by Crippen LogP contribution is 2.22. The first-order valence-electron chi connectivity index (χ1n) is 5.95. The lowest BCUT2D eigenvalue weighted by atomic mass is 10.3. The molecule has 106 valence electrons. The number of pyridine rings is 1. The Bertz CT molecular complexity index is 546. The SMILES string of the molecule is NS(=O)(=O)Cc1cc(Br)cnc1OCCNC1CC1. The Hall–Kier alpha value is -0.700. The quantitative estimate of drug-likeness (QED) is 0.708. The molecule has 1 heterocycles. The van der Waals surface area contributed by atoms with Gasteiger partial charge < -0.3 is 10.1 Å². The van der Waals surface area contributed by atoms with Crippen LogP contribution >= 0.6 is 15.9 Å². The fraction of sp³-hybridized carbons (Fsp3) is 0.545. The summed E-state index contributed by atoms with van der Waals surface area (Å²) in [6.07, 6.45) is 4.00. The lowest BCUT2D eigenvalue weighted by Gasteiger charge is -2.10. The molecular weight excluding hydrogens is 334 g/mol. The summed E-state index contributed by atoms with van der Waals surface area (Å²) >= 11 is 3.25. The number of aromatic nitrogens is 1. The van der Waals surface area contributed by atoms with Crippen LogP contribution in [0.15, 0.2) is 16.7 Å². The van der Waals surface area contributed by atoms with Crippen LogP contribution in [0, 0.1) is 0 Å². The van der Waals surface area contributed by atoms with Gasteiger partial charge in [0.1, 0.15) is 6.61 Å². The summed E-state index contributed by atoms with van der Waals surface area (Å²) < 4.78 is 28.5. The second-order valence-electron chi connectivity index (χ2n) is 4.50. The minimum absolute atomic E-state index is 0.287. The molecule has 0 atom stereocenters. The van der Waals surface area contributed by atoms with E-state index >= 15 is 0 Å². The molecule has 6 nitrogen and oxygen atoms in total. The summed E-state index contributed by atoms with van der Waals surface area (Å²) in [7, 11) is -3.61. The Morgan fingerprint density at radius 2 is 2.26 bits per heavy atom. The topological polar surface area (TPSA) is 94.3 Å². The smallest absolute Gasteiger partial charge is 0.217 e. The van der Waals surface area contributed by atoms with E-state index in [1.807, 2.05) is 0 Å². The molecule has 0 amide bonds. The Morgan fingerprint density at radius 1 is 1.53 bits per heavy atom. The second kappa shape index (κ2) is 6.17. The zero-order valence-corrected chi connectivity index (χ0v) is 12.7. The first kappa shape index (κ1) is 14.7. The third-order valence-corrected chi connectivity index (χ3v) is 3.75. The normalized spacial score (nSPS) is 15.5. The molecule has 0 aliphatic heterocycles. The van der Waals surface area contributed by atoms with Crippen molar-refractivity contribution < 1.29 is 13.2 Å². The van der Waals surface area contributed by atoms with E-state index in [4.69, 9.17) is 9.88 Å². The maximum atomic E-state index is 11.2. The number of ether oxygens (including phenoxy) is 1. The van der Waals surface area contributed by atoms with Gasteiger partial charge in [-0.1, -0.05) is 0 Å². The summed E-state index contributed by atoms with van der Waals surface area (Å²) in [4.78, 5) is 4.08. The van der Waals surface area contributed by atoms with Crippen LogP contribution in [0.5, 0.6) is 5.88 Å². The van der Waals surface area contributed by atoms with Crippen LogP contribution in [-0.4, -0.2) is 32.6 Å². The number of primary sulfonamides is 1. The maximum Gasteiger partial charge on any atom is 0.217 e. The van der Waals surface area contributed by atoms with Gasteiger partial charge in [0.2, 0.25) is 15.9 Å². The minimum atomic E-state index is -3.61. The summed E-state index contributed by atoms with van der Waals surface area (Å²) in [5.41, 5.74) is 0.461. The highest BCUT2D eigenvalue weighted by atomic mass is 79.9. The molecule has 2 rings (SSSR count).